The lowest BCUT2D eigenvalue weighted by molar-refractivity contribution is 0.218. The second-order valence-electron chi connectivity index (χ2n) is 5.72. The summed E-state index contributed by atoms with van der Waals surface area (Å²) in [6.45, 7) is 5.22. The van der Waals surface area contributed by atoms with Gasteiger partial charge < -0.3 is 10.4 Å². The van der Waals surface area contributed by atoms with E-state index in [2.05, 4.69) is 64.3 Å². The number of aliphatic hydroxyl groups excluding tert-OH is 1. The molecule has 2 aromatic rings. The number of aliphatic hydroxyl groups is 1. The van der Waals surface area contributed by atoms with Crippen molar-refractivity contribution in [3.8, 4) is 0 Å². The van der Waals surface area contributed by atoms with E-state index in [1.165, 1.54) is 16.7 Å². The SMILES string of the molecule is Cc1ccccc1CC(CO)CNC(C)c1ccnc(Br)c1. The van der Waals surface area contributed by atoms with Crippen LogP contribution in [-0.2, 0) is 6.42 Å². The molecule has 1 aromatic carbocycles. The third kappa shape index (κ3) is 4.90. The van der Waals surface area contributed by atoms with Crippen LogP contribution in [-0.4, -0.2) is 23.2 Å². The van der Waals surface area contributed by atoms with Gasteiger partial charge in [0.25, 0.3) is 0 Å². The molecular formula is C18H23BrN2O. The van der Waals surface area contributed by atoms with Crippen LogP contribution in [0.3, 0.4) is 0 Å². The Balaban J connectivity index is 1.92. The molecule has 0 fully saturated rings. The van der Waals surface area contributed by atoms with E-state index in [1.54, 1.807) is 6.20 Å². The zero-order chi connectivity index (χ0) is 15.9. The Hall–Kier alpha value is -1.23. The lowest BCUT2D eigenvalue weighted by atomic mass is 9.96. The molecule has 0 amide bonds. The summed E-state index contributed by atoms with van der Waals surface area (Å²) in [5.74, 6) is 0.217. The Morgan fingerprint density at radius 2 is 2.05 bits per heavy atom. The second kappa shape index (κ2) is 8.42. The Kier molecular flexibility index (Phi) is 6.55. The second-order valence-corrected chi connectivity index (χ2v) is 6.53. The first-order valence-corrected chi connectivity index (χ1v) is 8.39. The van der Waals surface area contributed by atoms with Gasteiger partial charge in [-0.05, 0) is 70.9 Å². The predicted octanol–water partition coefficient (Wildman–Crippen LogP) is 3.65. The minimum absolute atomic E-state index is 0.189. The quantitative estimate of drug-likeness (QED) is 0.738. The fourth-order valence-corrected chi connectivity index (χ4v) is 2.88. The molecule has 0 spiro atoms. The van der Waals surface area contributed by atoms with Crippen molar-refractivity contribution in [1.82, 2.24) is 10.3 Å². The van der Waals surface area contributed by atoms with Crippen molar-refractivity contribution in [2.24, 2.45) is 5.92 Å². The van der Waals surface area contributed by atoms with E-state index < -0.39 is 0 Å². The van der Waals surface area contributed by atoms with E-state index in [0.717, 1.165) is 17.6 Å². The number of pyridine rings is 1. The van der Waals surface area contributed by atoms with Crippen LogP contribution in [0.25, 0.3) is 0 Å². The van der Waals surface area contributed by atoms with Gasteiger partial charge in [-0.2, -0.15) is 0 Å². The molecule has 0 bridgehead atoms. The standard InChI is InChI=1S/C18H23BrN2O/c1-13-5-3-4-6-16(13)9-15(12-22)11-21-14(2)17-7-8-20-18(19)10-17/h3-8,10,14-15,21-22H,9,11-12H2,1-2H3. The minimum Gasteiger partial charge on any atom is -0.396 e. The molecule has 2 unspecified atom stereocenters. The van der Waals surface area contributed by atoms with Crippen LogP contribution in [0.5, 0.6) is 0 Å². The molecule has 0 aliphatic carbocycles. The molecule has 3 nitrogen and oxygen atoms in total. The fraction of sp³-hybridized carbons (Fsp3) is 0.389. The first-order chi connectivity index (χ1) is 10.6. The third-order valence-electron chi connectivity index (χ3n) is 3.99. The van der Waals surface area contributed by atoms with Crippen LogP contribution in [0, 0.1) is 12.8 Å². The molecular weight excluding hydrogens is 340 g/mol. The number of hydrogen-bond acceptors (Lipinski definition) is 3. The van der Waals surface area contributed by atoms with Gasteiger partial charge in [-0.1, -0.05) is 24.3 Å². The van der Waals surface area contributed by atoms with Crippen molar-refractivity contribution < 1.29 is 5.11 Å². The van der Waals surface area contributed by atoms with Gasteiger partial charge in [0.2, 0.25) is 0 Å². The largest absolute Gasteiger partial charge is 0.396 e. The van der Waals surface area contributed by atoms with E-state index in [4.69, 9.17) is 0 Å². The number of rotatable bonds is 7. The van der Waals surface area contributed by atoms with Gasteiger partial charge in [-0.25, -0.2) is 4.98 Å². The number of halogens is 1. The van der Waals surface area contributed by atoms with E-state index in [1.807, 2.05) is 12.1 Å². The molecule has 1 heterocycles. The van der Waals surface area contributed by atoms with Gasteiger partial charge in [0.05, 0.1) is 0 Å². The number of aromatic nitrogens is 1. The summed E-state index contributed by atoms with van der Waals surface area (Å²) < 4.78 is 0.845. The molecule has 1 aromatic heterocycles. The average Bonchev–Trinajstić information content (AvgIpc) is 2.52. The maximum absolute atomic E-state index is 9.65. The van der Waals surface area contributed by atoms with Gasteiger partial charge >= 0.3 is 0 Å². The normalized spacial score (nSPS) is 13.8. The number of nitrogens with zero attached hydrogens (tertiary/aromatic N) is 1. The highest BCUT2D eigenvalue weighted by molar-refractivity contribution is 9.10. The zero-order valence-corrected chi connectivity index (χ0v) is 14.7. The van der Waals surface area contributed by atoms with E-state index in [9.17, 15) is 5.11 Å². The molecule has 2 rings (SSSR count). The van der Waals surface area contributed by atoms with Gasteiger partial charge in [-0.15, -0.1) is 0 Å². The predicted molar refractivity (Wildman–Crippen MR) is 93.8 cm³/mol. The Bertz CT molecular complexity index is 603. The molecule has 4 heteroatoms. The van der Waals surface area contributed by atoms with Crippen molar-refractivity contribution in [1.29, 1.82) is 0 Å². The van der Waals surface area contributed by atoms with Crippen molar-refractivity contribution in [3.05, 3.63) is 63.9 Å². The number of aryl methyl sites for hydroxylation is 1. The lowest BCUT2D eigenvalue weighted by Gasteiger charge is -2.20. The van der Waals surface area contributed by atoms with Crippen molar-refractivity contribution in [3.63, 3.8) is 0 Å². The molecule has 0 aliphatic heterocycles. The highest BCUT2D eigenvalue weighted by Crippen LogP contribution is 2.17. The Morgan fingerprint density at radius 1 is 1.27 bits per heavy atom. The van der Waals surface area contributed by atoms with Crippen LogP contribution in [0.4, 0.5) is 0 Å². The van der Waals surface area contributed by atoms with Crippen molar-refractivity contribution >= 4 is 15.9 Å². The maximum atomic E-state index is 9.65. The van der Waals surface area contributed by atoms with Crippen LogP contribution < -0.4 is 5.32 Å². The highest BCUT2D eigenvalue weighted by Gasteiger charge is 2.12. The number of hydrogen-bond donors (Lipinski definition) is 2. The summed E-state index contributed by atoms with van der Waals surface area (Å²) in [5, 5.41) is 13.2. The van der Waals surface area contributed by atoms with Gasteiger partial charge in [0.15, 0.2) is 0 Å². The van der Waals surface area contributed by atoms with Crippen LogP contribution in [0.15, 0.2) is 47.2 Å². The Labute approximate surface area is 140 Å². The Morgan fingerprint density at radius 3 is 2.73 bits per heavy atom. The summed E-state index contributed by atoms with van der Waals surface area (Å²) in [6, 6.07) is 12.6. The molecule has 118 valence electrons. The molecule has 2 atom stereocenters. The van der Waals surface area contributed by atoms with Crippen molar-refractivity contribution in [2.75, 3.05) is 13.2 Å². The molecule has 22 heavy (non-hydrogen) atoms. The summed E-state index contributed by atoms with van der Waals surface area (Å²) >= 11 is 3.40. The maximum Gasteiger partial charge on any atom is 0.106 e. The fourth-order valence-electron chi connectivity index (χ4n) is 2.50. The van der Waals surface area contributed by atoms with E-state index >= 15 is 0 Å². The summed E-state index contributed by atoms with van der Waals surface area (Å²) in [7, 11) is 0. The van der Waals surface area contributed by atoms with Crippen molar-refractivity contribution in [2.45, 2.75) is 26.3 Å². The van der Waals surface area contributed by atoms with Crippen LogP contribution >= 0.6 is 15.9 Å². The average molecular weight is 363 g/mol. The minimum atomic E-state index is 0.189. The monoisotopic (exact) mass is 362 g/mol. The summed E-state index contributed by atoms with van der Waals surface area (Å²) in [5.41, 5.74) is 3.78. The van der Waals surface area contributed by atoms with Gasteiger partial charge in [0, 0.05) is 25.4 Å². The summed E-state index contributed by atoms with van der Waals surface area (Å²) in [4.78, 5) is 4.15. The van der Waals surface area contributed by atoms with Gasteiger partial charge in [0.1, 0.15) is 4.60 Å². The molecule has 0 saturated heterocycles. The molecule has 2 N–H and O–H groups in total. The summed E-state index contributed by atoms with van der Waals surface area (Å²) in [6.07, 6.45) is 2.69. The smallest absolute Gasteiger partial charge is 0.106 e. The van der Waals surface area contributed by atoms with Crippen LogP contribution in [0.2, 0.25) is 0 Å². The number of nitrogens with one attached hydrogen (secondary N) is 1. The highest BCUT2D eigenvalue weighted by atomic mass is 79.9. The molecule has 0 saturated carbocycles. The number of benzene rings is 1. The van der Waals surface area contributed by atoms with Gasteiger partial charge in [-0.3, -0.25) is 0 Å². The van der Waals surface area contributed by atoms with E-state index in [0.29, 0.717) is 0 Å². The molecule has 0 aliphatic rings. The first kappa shape index (κ1) is 17.1. The van der Waals surface area contributed by atoms with E-state index in [-0.39, 0.29) is 18.6 Å². The third-order valence-corrected chi connectivity index (χ3v) is 4.43. The molecule has 0 radical (unpaired) electrons. The lowest BCUT2D eigenvalue weighted by Crippen LogP contribution is -2.29. The topological polar surface area (TPSA) is 45.1 Å². The van der Waals surface area contributed by atoms with Crippen LogP contribution in [0.1, 0.15) is 29.7 Å². The zero-order valence-electron chi connectivity index (χ0n) is 13.1. The first-order valence-electron chi connectivity index (χ1n) is 7.60.